The van der Waals surface area contributed by atoms with Crippen LogP contribution < -0.4 is 11.1 Å². The zero-order chi connectivity index (χ0) is 16.3. The Balaban J connectivity index is 0.00000264. The molecule has 2 unspecified atom stereocenters. The highest BCUT2D eigenvalue weighted by molar-refractivity contribution is 5.85. The highest BCUT2D eigenvalue weighted by Gasteiger charge is 2.11. The molecule has 7 heteroatoms. The Hall–Kier alpha value is -1.56. The number of aromatic nitrogens is 2. The molecule has 2 atom stereocenters. The van der Waals surface area contributed by atoms with Crippen molar-refractivity contribution >= 4 is 30.7 Å². The Labute approximate surface area is 155 Å². The molecule has 0 aliphatic rings. The standard InChI is InChI=1S/C17H24N4O.2ClH/c1-11(18)9-17(22)19-14(4)15-5-7-16(8-6-15)21-13(3)10-12(2)20-21;;/h5-8,10-11,14H,9,18H2,1-4H3,(H,19,22);2*1H. The molecule has 24 heavy (non-hydrogen) atoms. The first-order valence-electron chi connectivity index (χ1n) is 7.55. The molecule has 1 amide bonds. The van der Waals surface area contributed by atoms with Gasteiger partial charge in [-0.2, -0.15) is 5.10 Å². The average molecular weight is 373 g/mol. The van der Waals surface area contributed by atoms with Gasteiger partial charge in [0.1, 0.15) is 0 Å². The van der Waals surface area contributed by atoms with E-state index in [1.807, 2.05) is 62.7 Å². The molecule has 1 aromatic carbocycles. The molecule has 3 N–H and O–H groups in total. The van der Waals surface area contributed by atoms with E-state index >= 15 is 0 Å². The molecule has 0 spiro atoms. The highest BCUT2D eigenvalue weighted by atomic mass is 35.5. The molecule has 134 valence electrons. The zero-order valence-corrected chi connectivity index (χ0v) is 16.1. The summed E-state index contributed by atoms with van der Waals surface area (Å²) in [5.41, 5.74) is 9.81. The van der Waals surface area contributed by atoms with Crippen LogP contribution in [0.3, 0.4) is 0 Å². The Morgan fingerprint density at radius 2 is 1.79 bits per heavy atom. The van der Waals surface area contributed by atoms with Gasteiger partial charge in [-0.3, -0.25) is 4.79 Å². The molecule has 0 aliphatic heterocycles. The summed E-state index contributed by atoms with van der Waals surface area (Å²) in [6.07, 6.45) is 0.341. The van der Waals surface area contributed by atoms with E-state index < -0.39 is 0 Å². The minimum atomic E-state index is -0.124. The third-order valence-electron chi connectivity index (χ3n) is 3.53. The second-order valence-electron chi connectivity index (χ2n) is 5.90. The van der Waals surface area contributed by atoms with Crippen LogP contribution in [0.25, 0.3) is 5.69 Å². The van der Waals surface area contributed by atoms with Crippen LogP contribution in [0.2, 0.25) is 0 Å². The van der Waals surface area contributed by atoms with Gasteiger partial charge in [0.25, 0.3) is 0 Å². The van der Waals surface area contributed by atoms with Crippen molar-refractivity contribution in [3.8, 4) is 5.69 Å². The number of nitrogens with two attached hydrogens (primary N) is 1. The predicted molar refractivity (Wildman–Crippen MR) is 102 cm³/mol. The smallest absolute Gasteiger partial charge is 0.222 e. The summed E-state index contributed by atoms with van der Waals surface area (Å²) in [7, 11) is 0. The summed E-state index contributed by atoms with van der Waals surface area (Å²) >= 11 is 0. The molecule has 0 saturated heterocycles. The summed E-state index contributed by atoms with van der Waals surface area (Å²) in [5.74, 6) is -0.0230. The number of carbonyl (C=O) groups excluding carboxylic acids is 1. The Kier molecular flexibility index (Phi) is 9.04. The molecule has 0 saturated carbocycles. The van der Waals surface area contributed by atoms with Crippen LogP contribution in [0, 0.1) is 13.8 Å². The van der Waals surface area contributed by atoms with Crippen molar-refractivity contribution in [2.24, 2.45) is 5.73 Å². The van der Waals surface area contributed by atoms with Gasteiger partial charge in [0, 0.05) is 18.2 Å². The van der Waals surface area contributed by atoms with E-state index in [1.54, 1.807) is 0 Å². The SMILES string of the molecule is Cc1cc(C)n(-c2ccc(C(C)NC(=O)CC(C)N)cc2)n1.Cl.Cl. The molecule has 1 heterocycles. The minimum absolute atomic E-state index is 0. The molecular formula is C17H26Cl2N4O. The molecule has 2 rings (SSSR count). The van der Waals surface area contributed by atoms with Gasteiger partial charge in [-0.05, 0) is 51.5 Å². The topological polar surface area (TPSA) is 72.9 Å². The lowest BCUT2D eigenvalue weighted by atomic mass is 10.1. The lowest BCUT2D eigenvalue weighted by Gasteiger charge is -2.16. The number of benzene rings is 1. The molecule has 0 aliphatic carbocycles. The van der Waals surface area contributed by atoms with Gasteiger partial charge in [-0.25, -0.2) is 4.68 Å². The normalized spacial score (nSPS) is 12.5. The van der Waals surface area contributed by atoms with Crippen molar-refractivity contribution in [1.29, 1.82) is 0 Å². The monoisotopic (exact) mass is 372 g/mol. The minimum Gasteiger partial charge on any atom is -0.350 e. The van der Waals surface area contributed by atoms with Gasteiger partial charge in [0.2, 0.25) is 5.91 Å². The van der Waals surface area contributed by atoms with Crippen LogP contribution in [0.1, 0.15) is 43.3 Å². The molecule has 1 aromatic heterocycles. The first-order valence-corrected chi connectivity index (χ1v) is 7.55. The van der Waals surface area contributed by atoms with E-state index in [1.165, 1.54) is 0 Å². The van der Waals surface area contributed by atoms with Crippen molar-refractivity contribution in [3.05, 3.63) is 47.3 Å². The quantitative estimate of drug-likeness (QED) is 0.845. The van der Waals surface area contributed by atoms with E-state index in [9.17, 15) is 4.79 Å². The number of carbonyl (C=O) groups is 1. The summed E-state index contributed by atoms with van der Waals surface area (Å²) in [6.45, 7) is 7.81. The van der Waals surface area contributed by atoms with Gasteiger partial charge in [-0.1, -0.05) is 12.1 Å². The van der Waals surface area contributed by atoms with Crippen molar-refractivity contribution in [3.63, 3.8) is 0 Å². The summed E-state index contributed by atoms with van der Waals surface area (Å²) in [5, 5.41) is 7.43. The number of halogens is 2. The largest absolute Gasteiger partial charge is 0.350 e. The van der Waals surface area contributed by atoms with Crippen molar-refractivity contribution in [2.75, 3.05) is 0 Å². The first kappa shape index (κ1) is 22.4. The summed E-state index contributed by atoms with van der Waals surface area (Å²) in [6, 6.07) is 9.95. The van der Waals surface area contributed by atoms with Gasteiger partial charge in [0.15, 0.2) is 0 Å². The fraction of sp³-hybridized carbons (Fsp3) is 0.412. The summed E-state index contributed by atoms with van der Waals surface area (Å²) in [4.78, 5) is 11.8. The average Bonchev–Trinajstić information content (AvgIpc) is 2.77. The van der Waals surface area contributed by atoms with Crippen LogP contribution in [-0.2, 0) is 4.79 Å². The number of aryl methyl sites for hydroxylation is 2. The third kappa shape index (κ3) is 5.82. The van der Waals surface area contributed by atoms with Crippen LogP contribution >= 0.6 is 24.8 Å². The first-order chi connectivity index (χ1) is 10.4. The number of hydrogen-bond donors (Lipinski definition) is 2. The molecule has 0 radical (unpaired) electrons. The zero-order valence-electron chi connectivity index (χ0n) is 14.4. The van der Waals surface area contributed by atoms with Crippen molar-refractivity contribution < 1.29 is 4.79 Å². The lowest BCUT2D eigenvalue weighted by Crippen LogP contribution is -2.31. The second kappa shape index (κ2) is 9.67. The fourth-order valence-corrected chi connectivity index (χ4v) is 2.47. The van der Waals surface area contributed by atoms with Gasteiger partial charge in [0.05, 0.1) is 17.4 Å². The number of hydrogen-bond acceptors (Lipinski definition) is 3. The van der Waals surface area contributed by atoms with Gasteiger partial charge >= 0.3 is 0 Å². The maximum Gasteiger partial charge on any atom is 0.222 e. The number of amides is 1. The second-order valence-corrected chi connectivity index (χ2v) is 5.90. The Morgan fingerprint density at radius 1 is 1.21 bits per heavy atom. The van der Waals surface area contributed by atoms with E-state index in [0.29, 0.717) is 6.42 Å². The van der Waals surface area contributed by atoms with Gasteiger partial charge in [-0.15, -0.1) is 24.8 Å². The Bertz CT molecular complexity index is 653. The van der Waals surface area contributed by atoms with Crippen molar-refractivity contribution in [2.45, 2.75) is 46.2 Å². The summed E-state index contributed by atoms with van der Waals surface area (Å²) < 4.78 is 1.92. The maximum atomic E-state index is 11.8. The van der Waals surface area contributed by atoms with Crippen LogP contribution in [0.15, 0.2) is 30.3 Å². The van der Waals surface area contributed by atoms with Crippen molar-refractivity contribution in [1.82, 2.24) is 15.1 Å². The van der Waals surface area contributed by atoms with E-state index in [-0.39, 0.29) is 42.8 Å². The fourth-order valence-electron chi connectivity index (χ4n) is 2.47. The van der Waals surface area contributed by atoms with Crippen LogP contribution in [0.5, 0.6) is 0 Å². The van der Waals surface area contributed by atoms with E-state index in [0.717, 1.165) is 22.6 Å². The third-order valence-corrected chi connectivity index (χ3v) is 3.53. The molecule has 0 bridgehead atoms. The molecule has 2 aromatic rings. The van der Waals surface area contributed by atoms with E-state index in [2.05, 4.69) is 10.4 Å². The van der Waals surface area contributed by atoms with Crippen LogP contribution in [-0.4, -0.2) is 21.7 Å². The predicted octanol–water partition coefficient (Wildman–Crippen LogP) is 3.25. The number of nitrogens with one attached hydrogen (secondary N) is 1. The molecular weight excluding hydrogens is 347 g/mol. The van der Waals surface area contributed by atoms with Crippen LogP contribution in [0.4, 0.5) is 0 Å². The molecule has 5 nitrogen and oxygen atoms in total. The maximum absolute atomic E-state index is 11.8. The van der Waals surface area contributed by atoms with Gasteiger partial charge < -0.3 is 11.1 Å². The Morgan fingerprint density at radius 3 is 2.25 bits per heavy atom. The lowest BCUT2D eigenvalue weighted by molar-refractivity contribution is -0.122. The number of nitrogens with zero attached hydrogens (tertiary/aromatic N) is 2. The number of rotatable bonds is 5. The van der Waals surface area contributed by atoms with E-state index in [4.69, 9.17) is 5.73 Å². The molecule has 0 fully saturated rings. The highest BCUT2D eigenvalue weighted by Crippen LogP contribution is 2.17.